The molecule has 3 aromatic rings. The molecule has 0 saturated heterocycles. The molecule has 7 nitrogen and oxygen atoms in total. The van der Waals surface area contributed by atoms with Gasteiger partial charge in [-0.05, 0) is 29.8 Å². The summed E-state index contributed by atoms with van der Waals surface area (Å²) >= 11 is 0.942. The zero-order chi connectivity index (χ0) is 23.8. The van der Waals surface area contributed by atoms with Crippen molar-refractivity contribution < 1.29 is 22.1 Å². The van der Waals surface area contributed by atoms with E-state index in [2.05, 4.69) is 10.0 Å². The first-order valence-corrected chi connectivity index (χ1v) is 12.5. The number of fused-ring (bicyclic) bond motifs is 1. The molecule has 0 bridgehead atoms. The number of hydrogen-bond donors (Lipinski definition) is 2. The van der Waals surface area contributed by atoms with Crippen LogP contribution in [0.2, 0.25) is 0 Å². The molecule has 0 aromatic heterocycles. The van der Waals surface area contributed by atoms with E-state index in [-0.39, 0.29) is 28.4 Å². The fourth-order valence-electron chi connectivity index (χ4n) is 3.85. The highest BCUT2D eigenvalue weighted by Gasteiger charge is 2.49. The van der Waals surface area contributed by atoms with Gasteiger partial charge in [0.1, 0.15) is 16.7 Å². The standard InChI is InChI=1S/C22H19F2N3O4S2/c1-33(30,31)26-14-10-11-16-18(12-14)25-13-22(16,21(24)15-6-2-3-7-17(15)23)32-20-9-5-4-8-19(20)27(28)29/h2-12,21,25-26H,13H2,1H3. The second kappa shape index (κ2) is 8.64. The van der Waals surface area contributed by atoms with E-state index in [0.717, 1.165) is 24.1 Å². The monoisotopic (exact) mass is 491 g/mol. The lowest BCUT2D eigenvalue weighted by Gasteiger charge is -2.32. The molecule has 0 fully saturated rings. The third-order valence-corrected chi connectivity index (χ3v) is 7.37. The van der Waals surface area contributed by atoms with Gasteiger partial charge in [0.2, 0.25) is 10.0 Å². The van der Waals surface area contributed by atoms with E-state index >= 15 is 4.39 Å². The summed E-state index contributed by atoms with van der Waals surface area (Å²) < 4.78 is 54.9. The van der Waals surface area contributed by atoms with Crippen molar-refractivity contribution in [1.29, 1.82) is 0 Å². The smallest absolute Gasteiger partial charge is 0.282 e. The van der Waals surface area contributed by atoms with Gasteiger partial charge in [0.15, 0.2) is 0 Å². The van der Waals surface area contributed by atoms with Crippen molar-refractivity contribution in [2.24, 2.45) is 0 Å². The summed E-state index contributed by atoms with van der Waals surface area (Å²) in [4.78, 5) is 11.3. The van der Waals surface area contributed by atoms with Crippen molar-refractivity contribution in [3.05, 3.63) is 93.8 Å². The van der Waals surface area contributed by atoms with Gasteiger partial charge >= 0.3 is 0 Å². The van der Waals surface area contributed by atoms with Crippen LogP contribution < -0.4 is 10.0 Å². The van der Waals surface area contributed by atoms with Gasteiger partial charge in [-0.1, -0.05) is 36.4 Å². The first-order valence-electron chi connectivity index (χ1n) is 9.78. The Morgan fingerprint density at radius 2 is 1.85 bits per heavy atom. The number of thioether (sulfide) groups is 1. The fraction of sp³-hybridized carbons (Fsp3) is 0.182. The quantitative estimate of drug-likeness (QED) is 0.347. The van der Waals surface area contributed by atoms with E-state index in [4.69, 9.17) is 0 Å². The van der Waals surface area contributed by atoms with Crippen LogP contribution in [-0.2, 0) is 14.8 Å². The largest absolute Gasteiger partial charge is 0.383 e. The molecule has 4 rings (SSSR count). The van der Waals surface area contributed by atoms with Crippen molar-refractivity contribution in [2.75, 3.05) is 22.8 Å². The van der Waals surface area contributed by atoms with Crippen molar-refractivity contribution >= 4 is 38.8 Å². The molecule has 0 radical (unpaired) electrons. The number of para-hydroxylation sites is 1. The Bertz CT molecular complexity index is 1340. The van der Waals surface area contributed by atoms with Gasteiger partial charge in [0.05, 0.1) is 21.8 Å². The predicted octanol–water partition coefficient (Wildman–Crippen LogP) is 5.23. The van der Waals surface area contributed by atoms with Gasteiger partial charge < -0.3 is 5.32 Å². The molecular weight excluding hydrogens is 472 g/mol. The summed E-state index contributed by atoms with van der Waals surface area (Å²) in [7, 11) is -3.53. The minimum absolute atomic E-state index is 0.00310. The highest BCUT2D eigenvalue weighted by Crippen LogP contribution is 2.58. The number of alkyl halides is 1. The predicted molar refractivity (Wildman–Crippen MR) is 124 cm³/mol. The average molecular weight is 492 g/mol. The Morgan fingerprint density at radius 3 is 2.55 bits per heavy atom. The zero-order valence-corrected chi connectivity index (χ0v) is 18.9. The molecule has 1 heterocycles. The van der Waals surface area contributed by atoms with E-state index in [1.54, 1.807) is 12.1 Å². The number of benzene rings is 3. The van der Waals surface area contributed by atoms with Crippen LogP contribution in [-0.4, -0.2) is 26.1 Å². The van der Waals surface area contributed by atoms with Crippen LogP contribution in [0.3, 0.4) is 0 Å². The summed E-state index contributed by atoms with van der Waals surface area (Å²) in [6, 6.07) is 16.0. The topological polar surface area (TPSA) is 101 Å². The summed E-state index contributed by atoms with van der Waals surface area (Å²) in [5, 5.41) is 14.6. The lowest BCUT2D eigenvalue weighted by molar-refractivity contribution is -0.387. The fourth-order valence-corrected chi connectivity index (χ4v) is 5.85. The molecule has 0 aliphatic carbocycles. The molecule has 3 aromatic carbocycles. The van der Waals surface area contributed by atoms with Crippen molar-refractivity contribution in [2.45, 2.75) is 15.8 Å². The number of sulfonamides is 1. The number of nitro benzene ring substituents is 1. The van der Waals surface area contributed by atoms with E-state index in [1.165, 1.54) is 48.5 Å². The number of nitro groups is 1. The van der Waals surface area contributed by atoms with Crippen molar-refractivity contribution in [3.8, 4) is 0 Å². The Labute approximate surface area is 193 Å². The third-order valence-electron chi connectivity index (χ3n) is 5.26. The van der Waals surface area contributed by atoms with Crippen LogP contribution >= 0.6 is 11.8 Å². The second-order valence-electron chi connectivity index (χ2n) is 7.59. The average Bonchev–Trinajstić information content (AvgIpc) is 3.11. The number of rotatable bonds is 7. The Kier molecular flexibility index (Phi) is 6.02. The minimum atomic E-state index is -3.53. The Balaban J connectivity index is 1.86. The van der Waals surface area contributed by atoms with E-state index in [9.17, 15) is 22.9 Å². The summed E-state index contributed by atoms with van der Waals surface area (Å²) in [6.07, 6.45) is -0.857. The maximum Gasteiger partial charge on any atom is 0.282 e. The molecule has 0 amide bonds. The number of nitrogens with zero attached hydrogens (tertiary/aromatic N) is 1. The van der Waals surface area contributed by atoms with E-state index in [0.29, 0.717) is 11.3 Å². The van der Waals surface area contributed by atoms with Gasteiger partial charge in [-0.2, -0.15) is 0 Å². The molecule has 1 aliphatic rings. The maximum absolute atomic E-state index is 16.2. The van der Waals surface area contributed by atoms with Crippen LogP contribution in [0, 0.1) is 15.9 Å². The van der Waals surface area contributed by atoms with Crippen LogP contribution in [0.4, 0.5) is 25.8 Å². The number of halogens is 2. The second-order valence-corrected chi connectivity index (χ2v) is 10.7. The zero-order valence-electron chi connectivity index (χ0n) is 17.3. The molecule has 0 spiro atoms. The van der Waals surface area contributed by atoms with Crippen LogP contribution in [0.15, 0.2) is 71.6 Å². The van der Waals surface area contributed by atoms with Gasteiger partial charge in [-0.15, -0.1) is 11.8 Å². The highest BCUT2D eigenvalue weighted by atomic mass is 32.2. The molecule has 1 aliphatic heterocycles. The van der Waals surface area contributed by atoms with E-state index in [1.807, 2.05) is 0 Å². The van der Waals surface area contributed by atoms with Crippen LogP contribution in [0.25, 0.3) is 0 Å². The lowest BCUT2D eigenvalue weighted by atomic mass is 9.90. The number of anilines is 2. The molecule has 11 heteroatoms. The first kappa shape index (κ1) is 23.0. The summed E-state index contributed by atoms with van der Waals surface area (Å²) in [6.45, 7) is -0.00310. The maximum atomic E-state index is 16.2. The third kappa shape index (κ3) is 4.51. The molecule has 33 heavy (non-hydrogen) atoms. The normalized spacial score (nSPS) is 18.3. The SMILES string of the molecule is CS(=O)(=O)Nc1ccc2c(c1)NCC2(Sc1ccccc1[N+](=O)[O-])C(F)c1ccccc1F. The van der Waals surface area contributed by atoms with Crippen LogP contribution in [0.5, 0.6) is 0 Å². The van der Waals surface area contributed by atoms with E-state index < -0.39 is 31.7 Å². The van der Waals surface area contributed by atoms with Crippen molar-refractivity contribution in [1.82, 2.24) is 0 Å². The number of hydrogen-bond acceptors (Lipinski definition) is 6. The minimum Gasteiger partial charge on any atom is -0.383 e. The summed E-state index contributed by atoms with van der Waals surface area (Å²) in [5.41, 5.74) is 0.814. The van der Waals surface area contributed by atoms with Gasteiger partial charge in [0, 0.05) is 23.9 Å². The highest BCUT2D eigenvalue weighted by molar-refractivity contribution is 8.00. The van der Waals surface area contributed by atoms with Gasteiger partial charge in [-0.25, -0.2) is 17.2 Å². The van der Waals surface area contributed by atoms with Gasteiger partial charge in [0.25, 0.3) is 5.69 Å². The lowest BCUT2D eigenvalue weighted by Crippen LogP contribution is -2.31. The number of nitrogens with one attached hydrogen (secondary N) is 2. The van der Waals surface area contributed by atoms with Gasteiger partial charge in [-0.3, -0.25) is 14.8 Å². The molecule has 172 valence electrons. The van der Waals surface area contributed by atoms with Crippen LogP contribution in [0.1, 0.15) is 17.3 Å². The molecule has 2 unspecified atom stereocenters. The Hall–Kier alpha value is -3.18. The van der Waals surface area contributed by atoms with Crippen molar-refractivity contribution in [3.63, 3.8) is 0 Å². The molecule has 2 atom stereocenters. The molecule has 0 saturated carbocycles. The molecular formula is C22H19F2N3O4S2. The Morgan fingerprint density at radius 1 is 1.15 bits per heavy atom. The summed E-state index contributed by atoms with van der Waals surface area (Å²) in [5.74, 6) is -0.726. The molecule has 2 N–H and O–H groups in total. The first-order chi connectivity index (χ1) is 15.6.